The van der Waals surface area contributed by atoms with E-state index in [1.807, 2.05) is 42.6 Å². The van der Waals surface area contributed by atoms with E-state index in [0.29, 0.717) is 16.1 Å². The van der Waals surface area contributed by atoms with Crippen LogP contribution in [0, 0.1) is 6.92 Å². The van der Waals surface area contributed by atoms with Crippen molar-refractivity contribution in [3.05, 3.63) is 81.7 Å². The summed E-state index contributed by atoms with van der Waals surface area (Å²) in [5, 5.41) is 6.78. The number of nitrogens with zero attached hydrogens (tertiary/aromatic N) is 1. The highest BCUT2D eigenvalue weighted by Crippen LogP contribution is 2.33. The van der Waals surface area contributed by atoms with Crippen LogP contribution in [0.25, 0.3) is 33.1 Å². The normalized spacial score (nSPS) is 11.2. The number of hydrogen-bond acceptors (Lipinski definition) is 5. The molecule has 0 radical (unpaired) electrons. The number of fused-ring (bicyclic) bond motifs is 2. The first kappa shape index (κ1) is 17.4. The van der Waals surface area contributed by atoms with Gasteiger partial charge in [0.05, 0.1) is 5.69 Å². The van der Waals surface area contributed by atoms with Gasteiger partial charge in [-0.1, -0.05) is 36.4 Å². The van der Waals surface area contributed by atoms with Gasteiger partial charge in [-0.15, -0.1) is 11.3 Å². The third-order valence-electron chi connectivity index (χ3n) is 4.76. The summed E-state index contributed by atoms with van der Waals surface area (Å²) in [6, 6.07) is 16.6. The molecule has 5 rings (SSSR count). The van der Waals surface area contributed by atoms with Crippen molar-refractivity contribution in [3.63, 3.8) is 0 Å². The molecule has 1 amide bonds. The minimum absolute atomic E-state index is 0.0521. The van der Waals surface area contributed by atoms with E-state index in [1.165, 1.54) is 17.4 Å². The summed E-state index contributed by atoms with van der Waals surface area (Å²) in [5.41, 5.74) is 3.53. The molecule has 29 heavy (non-hydrogen) atoms. The molecule has 0 saturated heterocycles. The second kappa shape index (κ2) is 6.72. The molecule has 0 aliphatic heterocycles. The molecule has 0 fully saturated rings. The van der Waals surface area contributed by atoms with Gasteiger partial charge >= 0.3 is 5.63 Å². The van der Waals surface area contributed by atoms with Crippen molar-refractivity contribution < 1.29 is 9.21 Å². The predicted octanol–water partition coefficient (Wildman–Crippen LogP) is 4.96. The van der Waals surface area contributed by atoms with Gasteiger partial charge < -0.3 is 9.40 Å². The molecule has 2 N–H and O–H groups in total. The number of rotatable bonds is 3. The molecular weight excluding hydrogens is 386 g/mol. The quantitative estimate of drug-likeness (QED) is 0.418. The standard InChI is InChI=1S/C22H15N3O3S/c1-12-19(14-7-3-4-8-16(14)23-12)17-11-29-22(24-17)25-20(26)15-10-13-6-2-5-9-18(13)28-21(15)27/h2-11,23H,1H3,(H,24,25,26). The Balaban J connectivity index is 1.47. The number of benzene rings is 2. The lowest BCUT2D eigenvalue weighted by Gasteiger charge is -2.02. The van der Waals surface area contributed by atoms with E-state index in [1.54, 1.807) is 18.2 Å². The molecule has 0 unspecified atom stereocenters. The van der Waals surface area contributed by atoms with Gasteiger partial charge in [-0.3, -0.25) is 10.1 Å². The van der Waals surface area contributed by atoms with Gasteiger partial charge in [-0.25, -0.2) is 9.78 Å². The highest BCUT2D eigenvalue weighted by atomic mass is 32.1. The molecule has 0 spiro atoms. The summed E-state index contributed by atoms with van der Waals surface area (Å²) in [6.45, 7) is 1.99. The molecule has 142 valence electrons. The number of carbonyl (C=O) groups excluding carboxylic acids is 1. The molecule has 0 bridgehead atoms. The lowest BCUT2D eigenvalue weighted by molar-refractivity contribution is 0.102. The number of para-hydroxylation sites is 2. The van der Waals surface area contributed by atoms with E-state index in [9.17, 15) is 9.59 Å². The van der Waals surface area contributed by atoms with Gasteiger partial charge in [-0.2, -0.15) is 0 Å². The zero-order valence-corrected chi connectivity index (χ0v) is 16.2. The third kappa shape index (κ3) is 3.01. The van der Waals surface area contributed by atoms with E-state index in [2.05, 4.69) is 15.3 Å². The second-order valence-corrected chi connectivity index (χ2v) is 7.51. The van der Waals surface area contributed by atoms with Crippen molar-refractivity contribution in [2.24, 2.45) is 0 Å². The number of nitrogens with one attached hydrogen (secondary N) is 2. The van der Waals surface area contributed by atoms with Crippen LogP contribution in [0.5, 0.6) is 0 Å². The van der Waals surface area contributed by atoms with Gasteiger partial charge in [0.15, 0.2) is 5.13 Å². The summed E-state index contributed by atoms with van der Waals surface area (Å²) in [4.78, 5) is 32.7. The molecule has 3 heterocycles. The Kier molecular flexibility index (Phi) is 4.03. The van der Waals surface area contributed by atoms with E-state index in [4.69, 9.17) is 4.42 Å². The van der Waals surface area contributed by atoms with Gasteiger partial charge in [0, 0.05) is 32.9 Å². The number of aromatic amines is 1. The van der Waals surface area contributed by atoms with Gasteiger partial charge in [0.25, 0.3) is 5.91 Å². The predicted molar refractivity (Wildman–Crippen MR) is 115 cm³/mol. The number of H-pyrrole nitrogens is 1. The number of amides is 1. The second-order valence-electron chi connectivity index (χ2n) is 6.65. The summed E-state index contributed by atoms with van der Waals surface area (Å²) in [6.07, 6.45) is 0. The maximum Gasteiger partial charge on any atom is 0.349 e. The average Bonchev–Trinajstić information content (AvgIpc) is 3.30. The average molecular weight is 401 g/mol. The molecule has 0 aliphatic carbocycles. The van der Waals surface area contributed by atoms with E-state index in [0.717, 1.165) is 27.9 Å². The molecule has 7 heteroatoms. The lowest BCUT2D eigenvalue weighted by Crippen LogP contribution is -2.20. The molecule has 0 saturated carbocycles. The number of aromatic nitrogens is 2. The zero-order valence-electron chi connectivity index (χ0n) is 15.4. The summed E-state index contributed by atoms with van der Waals surface area (Å²) >= 11 is 1.31. The van der Waals surface area contributed by atoms with Gasteiger partial charge in [0.2, 0.25) is 0 Å². The summed E-state index contributed by atoms with van der Waals surface area (Å²) in [5.74, 6) is -0.541. The van der Waals surface area contributed by atoms with Crippen molar-refractivity contribution in [2.75, 3.05) is 5.32 Å². The van der Waals surface area contributed by atoms with E-state index < -0.39 is 11.5 Å². The highest BCUT2D eigenvalue weighted by Gasteiger charge is 2.17. The smallest absolute Gasteiger partial charge is 0.349 e. The topological polar surface area (TPSA) is 88.0 Å². The molecule has 2 aromatic carbocycles. The SMILES string of the molecule is Cc1[nH]c2ccccc2c1-c1csc(NC(=O)c2cc3ccccc3oc2=O)n1. The Bertz CT molecular complexity index is 1440. The Labute approximate surface area is 168 Å². The van der Waals surface area contributed by atoms with Crippen LogP contribution in [0.2, 0.25) is 0 Å². The van der Waals surface area contributed by atoms with Gasteiger partial charge in [0.1, 0.15) is 11.1 Å². The van der Waals surface area contributed by atoms with Crippen LogP contribution < -0.4 is 10.9 Å². The largest absolute Gasteiger partial charge is 0.422 e. The lowest BCUT2D eigenvalue weighted by atomic mass is 10.1. The molecule has 6 nitrogen and oxygen atoms in total. The van der Waals surface area contributed by atoms with Crippen molar-refractivity contribution in [3.8, 4) is 11.3 Å². The first-order valence-electron chi connectivity index (χ1n) is 8.97. The maximum absolute atomic E-state index is 12.6. The molecule has 0 aliphatic rings. The first-order chi connectivity index (χ1) is 14.1. The highest BCUT2D eigenvalue weighted by molar-refractivity contribution is 7.14. The zero-order chi connectivity index (χ0) is 20.0. The van der Waals surface area contributed by atoms with Crippen molar-refractivity contribution >= 4 is 44.2 Å². The maximum atomic E-state index is 12.6. The number of anilines is 1. The summed E-state index contributed by atoms with van der Waals surface area (Å²) < 4.78 is 5.24. The van der Waals surface area contributed by atoms with Gasteiger partial charge in [-0.05, 0) is 25.1 Å². The minimum atomic E-state index is -0.676. The van der Waals surface area contributed by atoms with E-state index in [-0.39, 0.29) is 5.56 Å². The number of hydrogen-bond donors (Lipinski definition) is 2. The van der Waals surface area contributed by atoms with Crippen LogP contribution in [-0.2, 0) is 0 Å². The van der Waals surface area contributed by atoms with Crippen LogP contribution in [-0.4, -0.2) is 15.9 Å². The summed E-state index contributed by atoms with van der Waals surface area (Å²) in [7, 11) is 0. The van der Waals surface area contributed by atoms with E-state index >= 15 is 0 Å². The minimum Gasteiger partial charge on any atom is -0.422 e. The van der Waals surface area contributed by atoms with Crippen molar-refractivity contribution in [2.45, 2.75) is 6.92 Å². The fourth-order valence-electron chi connectivity index (χ4n) is 3.44. The van der Waals surface area contributed by atoms with Crippen LogP contribution in [0.4, 0.5) is 5.13 Å². The van der Waals surface area contributed by atoms with Crippen molar-refractivity contribution in [1.29, 1.82) is 0 Å². The number of carbonyl (C=O) groups is 1. The first-order valence-corrected chi connectivity index (χ1v) is 9.85. The monoisotopic (exact) mass is 401 g/mol. The third-order valence-corrected chi connectivity index (χ3v) is 5.52. The Morgan fingerprint density at radius 3 is 2.83 bits per heavy atom. The Hall–Kier alpha value is -3.71. The molecule has 5 aromatic rings. The van der Waals surface area contributed by atoms with Crippen LogP contribution >= 0.6 is 11.3 Å². The fraction of sp³-hybridized carbons (Fsp3) is 0.0455. The van der Waals surface area contributed by atoms with Crippen LogP contribution in [0.3, 0.4) is 0 Å². The fourth-order valence-corrected chi connectivity index (χ4v) is 4.13. The molecule has 3 aromatic heterocycles. The van der Waals surface area contributed by atoms with Crippen molar-refractivity contribution in [1.82, 2.24) is 9.97 Å². The van der Waals surface area contributed by atoms with Crippen LogP contribution in [0.1, 0.15) is 16.1 Å². The Morgan fingerprint density at radius 1 is 1.14 bits per heavy atom. The Morgan fingerprint density at radius 2 is 1.93 bits per heavy atom. The molecular formula is C22H15N3O3S. The number of aryl methyl sites for hydroxylation is 1. The molecule has 0 atom stereocenters. The number of thiazole rings is 1. The van der Waals surface area contributed by atoms with Crippen LogP contribution in [0.15, 0.2) is 69.2 Å².